The van der Waals surface area contributed by atoms with Crippen molar-refractivity contribution in [1.82, 2.24) is 14.7 Å². The number of aryl methyl sites for hydroxylation is 1. The Kier molecular flexibility index (Phi) is 4.20. The van der Waals surface area contributed by atoms with Gasteiger partial charge in [0, 0.05) is 19.9 Å². The number of amides is 1. The van der Waals surface area contributed by atoms with Crippen molar-refractivity contribution in [3.8, 4) is 0 Å². The van der Waals surface area contributed by atoms with Crippen LogP contribution in [0.2, 0.25) is 0 Å². The highest BCUT2D eigenvalue weighted by atomic mass is 19.1. The maximum absolute atomic E-state index is 13.9. The van der Waals surface area contributed by atoms with E-state index in [0.29, 0.717) is 13.2 Å². The molecule has 1 aromatic carbocycles. The monoisotopic (exact) mass is 303 g/mol. The number of benzene rings is 1. The molecule has 1 aromatic heterocycles. The number of fused-ring (bicyclic) bond motifs is 1. The van der Waals surface area contributed by atoms with Crippen molar-refractivity contribution in [2.24, 2.45) is 0 Å². The first kappa shape index (κ1) is 14.7. The van der Waals surface area contributed by atoms with Gasteiger partial charge in [0.05, 0.1) is 30.5 Å². The molecular weight excluding hydrogens is 285 g/mol. The molecule has 1 aliphatic rings. The van der Waals surface area contributed by atoms with Crippen LogP contribution in [0.5, 0.6) is 0 Å². The minimum atomic E-state index is -0.499. The van der Waals surface area contributed by atoms with Gasteiger partial charge in [-0.1, -0.05) is 12.1 Å². The quantitative estimate of drug-likeness (QED) is 0.872. The average Bonchev–Trinajstić information content (AvgIpc) is 2.89. The third-order valence-electron chi connectivity index (χ3n) is 3.98. The lowest BCUT2D eigenvalue weighted by Crippen LogP contribution is -2.42. The largest absolute Gasteiger partial charge is 0.383 e. The lowest BCUT2D eigenvalue weighted by Gasteiger charge is -2.29. The van der Waals surface area contributed by atoms with Crippen molar-refractivity contribution < 1.29 is 13.9 Å². The molecule has 0 aliphatic carbocycles. The molecule has 5 nitrogen and oxygen atoms in total. The number of methoxy groups -OCH3 is 1. The van der Waals surface area contributed by atoms with Gasteiger partial charge in [0.25, 0.3) is 5.91 Å². The summed E-state index contributed by atoms with van der Waals surface area (Å²) in [5.41, 5.74) is 1.04. The minimum absolute atomic E-state index is 0.0940. The molecule has 0 bridgehead atoms. The fourth-order valence-corrected chi connectivity index (χ4v) is 2.82. The lowest BCUT2D eigenvalue weighted by molar-refractivity contribution is 0.0498. The first-order chi connectivity index (χ1) is 10.7. The van der Waals surface area contributed by atoms with Gasteiger partial charge in [0.2, 0.25) is 0 Å². The molecule has 0 spiro atoms. The van der Waals surface area contributed by atoms with Crippen LogP contribution in [0.4, 0.5) is 4.39 Å². The Morgan fingerprint density at radius 2 is 2.23 bits per heavy atom. The average molecular weight is 303 g/mol. The zero-order valence-electron chi connectivity index (χ0n) is 12.4. The van der Waals surface area contributed by atoms with E-state index in [-0.39, 0.29) is 17.5 Å². The van der Waals surface area contributed by atoms with Crippen LogP contribution in [0.25, 0.3) is 0 Å². The molecule has 0 fully saturated rings. The van der Waals surface area contributed by atoms with E-state index in [0.717, 1.165) is 18.7 Å². The van der Waals surface area contributed by atoms with Crippen LogP contribution in [-0.2, 0) is 17.8 Å². The zero-order chi connectivity index (χ0) is 15.5. The molecule has 3 rings (SSSR count). The number of aromatic nitrogens is 2. The van der Waals surface area contributed by atoms with Gasteiger partial charge in [-0.05, 0) is 24.6 Å². The number of rotatable bonds is 3. The summed E-state index contributed by atoms with van der Waals surface area (Å²) in [4.78, 5) is 14.5. The van der Waals surface area contributed by atoms with Gasteiger partial charge < -0.3 is 9.64 Å². The van der Waals surface area contributed by atoms with Crippen molar-refractivity contribution in [2.45, 2.75) is 25.6 Å². The summed E-state index contributed by atoms with van der Waals surface area (Å²) in [6.45, 7) is 1.55. The van der Waals surface area contributed by atoms with Gasteiger partial charge in [0.15, 0.2) is 0 Å². The van der Waals surface area contributed by atoms with Crippen LogP contribution < -0.4 is 0 Å². The Balaban J connectivity index is 1.93. The molecule has 22 heavy (non-hydrogen) atoms. The van der Waals surface area contributed by atoms with Crippen LogP contribution in [0.15, 0.2) is 36.5 Å². The lowest BCUT2D eigenvalue weighted by atomic mass is 10.1. The van der Waals surface area contributed by atoms with Gasteiger partial charge in [-0.2, -0.15) is 5.10 Å². The van der Waals surface area contributed by atoms with Crippen LogP contribution in [0.1, 0.15) is 22.5 Å². The van der Waals surface area contributed by atoms with E-state index >= 15 is 0 Å². The zero-order valence-corrected chi connectivity index (χ0v) is 12.4. The third-order valence-corrected chi connectivity index (χ3v) is 3.98. The predicted octanol–water partition coefficient (Wildman–Crippen LogP) is 2.08. The Labute approximate surface area is 128 Å². The summed E-state index contributed by atoms with van der Waals surface area (Å²) in [6.07, 6.45) is 2.44. The summed E-state index contributed by atoms with van der Waals surface area (Å²) in [5, 5.41) is 4.26. The molecule has 1 atom stereocenters. The first-order valence-electron chi connectivity index (χ1n) is 7.26. The van der Waals surface area contributed by atoms with Gasteiger partial charge in [-0.15, -0.1) is 0 Å². The minimum Gasteiger partial charge on any atom is -0.383 e. The molecule has 0 N–H and O–H groups in total. The van der Waals surface area contributed by atoms with Crippen molar-refractivity contribution >= 4 is 5.91 Å². The standard InChI is InChI=1S/C16H18FN3O2/c1-22-11-13-7-9-20-12(6-8-18-20)10-19(13)16(21)14-4-2-3-5-15(14)17/h2-6,8,13H,7,9-11H2,1H3. The van der Waals surface area contributed by atoms with Gasteiger partial charge >= 0.3 is 0 Å². The molecule has 0 radical (unpaired) electrons. The fourth-order valence-electron chi connectivity index (χ4n) is 2.82. The summed E-state index contributed by atoms with van der Waals surface area (Å²) in [5.74, 6) is -0.809. The molecule has 0 saturated carbocycles. The molecule has 6 heteroatoms. The number of halogens is 1. The van der Waals surface area contributed by atoms with E-state index in [4.69, 9.17) is 4.74 Å². The molecular formula is C16H18FN3O2. The van der Waals surface area contributed by atoms with Gasteiger partial charge in [0.1, 0.15) is 5.82 Å². The Morgan fingerprint density at radius 1 is 1.41 bits per heavy atom. The molecule has 1 aliphatic heterocycles. The summed E-state index contributed by atoms with van der Waals surface area (Å²) in [7, 11) is 1.61. The Hall–Kier alpha value is -2.21. The molecule has 2 aromatic rings. The molecule has 1 amide bonds. The van der Waals surface area contributed by atoms with Crippen LogP contribution in [-0.4, -0.2) is 40.3 Å². The number of carbonyl (C=O) groups excluding carboxylic acids is 1. The Bertz CT molecular complexity index is 671. The van der Waals surface area contributed by atoms with E-state index in [9.17, 15) is 9.18 Å². The third kappa shape index (κ3) is 2.74. The van der Waals surface area contributed by atoms with Crippen LogP contribution in [0.3, 0.4) is 0 Å². The van der Waals surface area contributed by atoms with E-state index in [1.54, 1.807) is 30.3 Å². The number of hydrogen-bond donors (Lipinski definition) is 0. The molecule has 1 unspecified atom stereocenters. The SMILES string of the molecule is COCC1CCn2nccc2CN1C(=O)c1ccccc1F. The number of nitrogens with zero attached hydrogens (tertiary/aromatic N) is 3. The number of hydrogen-bond acceptors (Lipinski definition) is 3. The highest BCUT2D eigenvalue weighted by molar-refractivity contribution is 5.94. The summed E-state index contributed by atoms with van der Waals surface area (Å²) >= 11 is 0. The molecule has 2 heterocycles. The molecule has 0 saturated heterocycles. The smallest absolute Gasteiger partial charge is 0.257 e. The maximum Gasteiger partial charge on any atom is 0.257 e. The fraction of sp³-hybridized carbons (Fsp3) is 0.375. The predicted molar refractivity (Wildman–Crippen MR) is 78.8 cm³/mol. The second kappa shape index (κ2) is 6.27. The van der Waals surface area contributed by atoms with E-state index in [1.807, 2.05) is 10.7 Å². The van der Waals surface area contributed by atoms with E-state index in [2.05, 4.69) is 5.10 Å². The van der Waals surface area contributed by atoms with Crippen molar-refractivity contribution in [3.63, 3.8) is 0 Å². The second-order valence-electron chi connectivity index (χ2n) is 5.36. The summed E-state index contributed by atoms with van der Waals surface area (Å²) < 4.78 is 21.1. The van der Waals surface area contributed by atoms with Crippen molar-refractivity contribution in [1.29, 1.82) is 0 Å². The van der Waals surface area contributed by atoms with E-state index < -0.39 is 5.82 Å². The second-order valence-corrected chi connectivity index (χ2v) is 5.36. The summed E-state index contributed by atoms with van der Waals surface area (Å²) in [6, 6.07) is 7.86. The van der Waals surface area contributed by atoms with E-state index in [1.165, 1.54) is 12.1 Å². The van der Waals surface area contributed by atoms with Gasteiger partial charge in [-0.3, -0.25) is 9.48 Å². The number of carbonyl (C=O) groups is 1. The first-order valence-corrected chi connectivity index (χ1v) is 7.26. The van der Waals surface area contributed by atoms with Crippen LogP contribution in [0, 0.1) is 5.82 Å². The van der Waals surface area contributed by atoms with Gasteiger partial charge in [-0.25, -0.2) is 4.39 Å². The topological polar surface area (TPSA) is 47.4 Å². The maximum atomic E-state index is 13.9. The Morgan fingerprint density at radius 3 is 3.00 bits per heavy atom. The highest BCUT2D eigenvalue weighted by Crippen LogP contribution is 2.21. The normalized spacial score (nSPS) is 17.9. The van der Waals surface area contributed by atoms with Crippen molar-refractivity contribution in [2.75, 3.05) is 13.7 Å². The molecule has 116 valence electrons. The van der Waals surface area contributed by atoms with Crippen LogP contribution >= 0.6 is 0 Å². The number of ether oxygens (including phenoxy) is 1. The highest BCUT2D eigenvalue weighted by Gasteiger charge is 2.29. The van der Waals surface area contributed by atoms with Crippen molar-refractivity contribution in [3.05, 3.63) is 53.6 Å².